The molecule has 0 aliphatic carbocycles. The maximum atomic E-state index is 4.41. The number of H-pyrrole nitrogens is 1. The molecule has 0 saturated heterocycles. The van der Waals surface area contributed by atoms with Gasteiger partial charge in [-0.15, -0.1) is 11.3 Å². The van der Waals surface area contributed by atoms with E-state index in [1.54, 1.807) is 11.3 Å². The Kier molecular flexibility index (Phi) is 3.62. The molecule has 2 aromatic heterocycles. The fourth-order valence-corrected chi connectivity index (χ4v) is 2.95. The number of rotatable bonds is 5. The van der Waals surface area contributed by atoms with Gasteiger partial charge in [-0.3, -0.25) is 0 Å². The van der Waals surface area contributed by atoms with Crippen molar-refractivity contribution in [1.82, 2.24) is 15.3 Å². The van der Waals surface area contributed by atoms with Gasteiger partial charge in [-0.05, 0) is 35.6 Å². The summed E-state index contributed by atoms with van der Waals surface area (Å²) in [6.07, 6.45) is 5.03. The molecule has 0 amide bonds. The Hall–Kier alpha value is -1.65. The molecule has 19 heavy (non-hydrogen) atoms. The normalized spacial score (nSPS) is 11.2. The summed E-state index contributed by atoms with van der Waals surface area (Å²) in [4.78, 5) is 8.97. The second-order valence-electron chi connectivity index (χ2n) is 4.58. The molecule has 1 aromatic carbocycles. The number of hydrogen-bond donors (Lipinski definition) is 2. The molecule has 0 aliphatic rings. The minimum atomic E-state index is 0.843. The highest BCUT2D eigenvalue weighted by atomic mass is 32.1. The topological polar surface area (TPSA) is 40.7 Å². The van der Waals surface area contributed by atoms with E-state index in [-0.39, 0.29) is 0 Å². The molecular weight excluding hydrogens is 254 g/mol. The fourth-order valence-electron chi connectivity index (χ4n) is 2.12. The summed E-state index contributed by atoms with van der Waals surface area (Å²) < 4.78 is 0. The van der Waals surface area contributed by atoms with E-state index in [9.17, 15) is 0 Å². The van der Waals surface area contributed by atoms with Crippen LogP contribution < -0.4 is 5.32 Å². The first-order valence-electron chi connectivity index (χ1n) is 6.55. The van der Waals surface area contributed by atoms with Gasteiger partial charge in [0.2, 0.25) is 0 Å². The average Bonchev–Trinajstić information content (AvgIpc) is 3.06. The lowest BCUT2D eigenvalue weighted by Crippen LogP contribution is -2.12. The van der Waals surface area contributed by atoms with Crippen molar-refractivity contribution in [3.8, 4) is 0 Å². The van der Waals surface area contributed by atoms with Crippen LogP contribution in [0.3, 0.4) is 0 Å². The van der Waals surface area contributed by atoms with Gasteiger partial charge in [-0.1, -0.05) is 13.0 Å². The Morgan fingerprint density at radius 3 is 3.05 bits per heavy atom. The Balaban J connectivity index is 1.59. The number of aromatic amines is 1. The van der Waals surface area contributed by atoms with E-state index in [1.807, 2.05) is 12.4 Å². The smallest absolute Gasteiger partial charge is 0.107 e. The Morgan fingerprint density at radius 1 is 1.26 bits per heavy atom. The molecule has 0 spiro atoms. The zero-order valence-corrected chi connectivity index (χ0v) is 11.8. The zero-order valence-electron chi connectivity index (χ0n) is 10.9. The molecule has 0 aliphatic heterocycles. The van der Waals surface area contributed by atoms with Crippen LogP contribution in [0.4, 0.5) is 0 Å². The number of benzene rings is 1. The molecule has 0 atom stereocenters. The van der Waals surface area contributed by atoms with Crippen molar-refractivity contribution in [3.63, 3.8) is 0 Å². The number of nitrogens with one attached hydrogen (secondary N) is 2. The Morgan fingerprint density at radius 2 is 2.21 bits per heavy atom. The number of aromatic nitrogens is 2. The molecule has 3 aromatic rings. The molecule has 0 saturated carbocycles. The van der Waals surface area contributed by atoms with Crippen molar-refractivity contribution < 1.29 is 0 Å². The lowest BCUT2D eigenvalue weighted by atomic mass is 10.1. The summed E-state index contributed by atoms with van der Waals surface area (Å²) in [5.74, 6) is 0. The first kappa shape index (κ1) is 12.4. The average molecular weight is 271 g/mol. The lowest BCUT2D eigenvalue weighted by Gasteiger charge is -2.03. The molecule has 2 N–H and O–H groups in total. The van der Waals surface area contributed by atoms with Crippen LogP contribution in [0.15, 0.2) is 36.7 Å². The molecule has 98 valence electrons. The van der Waals surface area contributed by atoms with Gasteiger partial charge >= 0.3 is 0 Å². The predicted molar refractivity (Wildman–Crippen MR) is 80.3 cm³/mol. The van der Waals surface area contributed by atoms with Crippen molar-refractivity contribution in [1.29, 1.82) is 0 Å². The molecule has 0 bridgehead atoms. The van der Waals surface area contributed by atoms with E-state index >= 15 is 0 Å². The van der Waals surface area contributed by atoms with Crippen molar-refractivity contribution in [2.24, 2.45) is 0 Å². The zero-order chi connectivity index (χ0) is 13.1. The second-order valence-corrected chi connectivity index (χ2v) is 5.78. The van der Waals surface area contributed by atoms with E-state index in [1.165, 1.54) is 26.4 Å². The minimum Gasteiger partial charge on any atom is -0.361 e. The lowest BCUT2D eigenvalue weighted by molar-refractivity contribution is 0.690. The highest BCUT2D eigenvalue weighted by molar-refractivity contribution is 7.11. The molecule has 0 radical (unpaired) electrons. The van der Waals surface area contributed by atoms with Crippen LogP contribution in [0.5, 0.6) is 0 Å². The first-order valence-corrected chi connectivity index (χ1v) is 7.37. The van der Waals surface area contributed by atoms with E-state index in [0.29, 0.717) is 0 Å². The Bertz CT molecular complexity index is 669. The van der Waals surface area contributed by atoms with Crippen LogP contribution in [-0.4, -0.2) is 9.97 Å². The van der Waals surface area contributed by atoms with Crippen LogP contribution in [-0.2, 0) is 19.5 Å². The standard InChI is InChI=1S/C15H17N3S/c1-2-13-9-18-15(19-13)10-16-8-11-3-4-14-12(7-11)5-6-17-14/h3-7,9,16-17H,2,8,10H2,1H3. The van der Waals surface area contributed by atoms with Gasteiger partial charge in [0.15, 0.2) is 0 Å². The largest absolute Gasteiger partial charge is 0.361 e. The van der Waals surface area contributed by atoms with Gasteiger partial charge < -0.3 is 10.3 Å². The predicted octanol–water partition coefficient (Wildman–Crippen LogP) is 3.48. The monoisotopic (exact) mass is 271 g/mol. The highest BCUT2D eigenvalue weighted by Crippen LogP contribution is 2.15. The third-order valence-electron chi connectivity index (χ3n) is 3.17. The van der Waals surface area contributed by atoms with Crippen molar-refractivity contribution in [2.75, 3.05) is 0 Å². The van der Waals surface area contributed by atoms with Crippen LogP contribution in [0, 0.1) is 0 Å². The highest BCUT2D eigenvalue weighted by Gasteiger charge is 2.01. The molecule has 0 unspecified atom stereocenters. The van der Waals surface area contributed by atoms with Crippen molar-refractivity contribution >= 4 is 22.2 Å². The Labute approximate surface area is 116 Å². The van der Waals surface area contributed by atoms with Gasteiger partial charge in [-0.2, -0.15) is 0 Å². The van der Waals surface area contributed by atoms with Gasteiger partial charge in [0, 0.05) is 35.9 Å². The summed E-state index contributed by atoms with van der Waals surface area (Å²) >= 11 is 1.79. The van der Waals surface area contributed by atoms with Gasteiger partial charge in [0.1, 0.15) is 5.01 Å². The summed E-state index contributed by atoms with van der Waals surface area (Å²) in [6, 6.07) is 8.61. The maximum Gasteiger partial charge on any atom is 0.107 e. The number of aryl methyl sites for hydroxylation is 1. The van der Waals surface area contributed by atoms with Gasteiger partial charge in [0.25, 0.3) is 0 Å². The summed E-state index contributed by atoms with van der Waals surface area (Å²) in [5, 5.41) is 5.88. The SMILES string of the molecule is CCc1cnc(CNCc2ccc3[nH]ccc3c2)s1. The summed E-state index contributed by atoms with van der Waals surface area (Å²) in [7, 11) is 0. The number of fused-ring (bicyclic) bond motifs is 1. The minimum absolute atomic E-state index is 0.843. The number of thiazole rings is 1. The summed E-state index contributed by atoms with van der Waals surface area (Å²) in [5.41, 5.74) is 2.50. The van der Waals surface area contributed by atoms with Crippen molar-refractivity contribution in [3.05, 3.63) is 52.1 Å². The number of nitrogens with zero attached hydrogens (tertiary/aromatic N) is 1. The van der Waals surface area contributed by atoms with Crippen LogP contribution in [0.2, 0.25) is 0 Å². The molecular formula is C15H17N3S. The maximum absolute atomic E-state index is 4.41. The van der Waals surface area contributed by atoms with Gasteiger partial charge in [0.05, 0.1) is 0 Å². The third-order valence-corrected chi connectivity index (χ3v) is 4.31. The third kappa shape index (κ3) is 2.85. The number of hydrogen-bond acceptors (Lipinski definition) is 3. The van der Waals surface area contributed by atoms with Crippen molar-refractivity contribution in [2.45, 2.75) is 26.4 Å². The molecule has 4 heteroatoms. The van der Waals surface area contributed by atoms with Crippen LogP contribution in [0.1, 0.15) is 22.4 Å². The molecule has 0 fully saturated rings. The molecule has 3 nitrogen and oxygen atoms in total. The molecule has 3 rings (SSSR count). The molecule has 2 heterocycles. The van der Waals surface area contributed by atoms with Crippen LogP contribution >= 0.6 is 11.3 Å². The summed E-state index contributed by atoms with van der Waals surface area (Å²) in [6.45, 7) is 3.88. The van der Waals surface area contributed by atoms with E-state index in [2.05, 4.69) is 46.5 Å². The van der Waals surface area contributed by atoms with Gasteiger partial charge in [-0.25, -0.2) is 4.98 Å². The van der Waals surface area contributed by atoms with E-state index in [4.69, 9.17) is 0 Å². The van der Waals surface area contributed by atoms with E-state index < -0.39 is 0 Å². The second kappa shape index (κ2) is 5.55. The fraction of sp³-hybridized carbons (Fsp3) is 0.267. The van der Waals surface area contributed by atoms with Crippen LogP contribution in [0.25, 0.3) is 10.9 Å². The first-order chi connectivity index (χ1) is 9.35. The van der Waals surface area contributed by atoms with E-state index in [0.717, 1.165) is 19.5 Å². The quantitative estimate of drug-likeness (QED) is 0.746.